The van der Waals surface area contributed by atoms with Crippen molar-refractivity contribution in [3.05, 3.63) is 65.7 Å². The Morgan fingerprint density at radius 2 is 1.03 bits per heavy atom. The quantitative estimate of drug-likeness (QED) is 0.0670. The van der Waals surface area contributed by atoms with Crippen LogP contribution in [0.3, 0.4) is 0 Å². The van der Waals surface area contributed by atoms with Crippen LogP contribution in [0.25, 0.3) is 0 Å². The lowest BCUT2D eigenvalue weighted by Gasteiger charge is -2.30. The first-order valence-electron chi connectivity index (χ1n) is 27.8. The van der Waals surface area contributed by atoms with Crippen molar-refractivity contribution in [3.63, 3.8) is 0 Å². The largest absolute Gasteiger partial charge is 0.399 e. The average molecular weight is 1240 g/mol. The van der Waals surface area contributed by atoms with Crippen molar-refractivity contribution in [1.82, 2.24) is 10.2 Å². The highest BCUT2D eigenvalue weighted by Crippen LogP contribution is 2.19. The van der Waals surface area contributed by atoms with E-state index in [0.29, 0.717) is 62.3 Å². The summed E-state index contributed by atoms with van der Waals surface area (Å²) in [7, 11) is 19.9. The van der Waals surface area contributed by atoms with Crippen molar-refractivity contribution >= 4 is 154 Å². The maximum absolute atomic E-state index is 11.5. The fourth-order valence-electron chi connectivity index (χ4n) is 4.53. The van der Waals surface area contributed by atoms with Gasteiger partial charge >= 0.3 is 0 Å². The van der Waals surface area contributed by atoms with Gasteiger partial charge in [0.15, 0.2) is 15.3 Å². The van der Waals surface area contributed by atoms with Crippen LogP contribution in [0.2, 0.25) is 0 Å². The van der Waals surface area contributed by atoms with Gasteiger partial charge in [-0.1, -0.05) is 225 Å². The number of thioether (sulfide) groups is 6. The van der Waals surface area contributed by atoms with Crippen LogP contribution in [0.4, 0.5) is 5.69 Å². The number of nitriles is 1. The molecule has 0 saturated carbocycles. The molecule has 79 heavy (non-hydrogen) atoms. The van der Waals surface area contributed by atoms with Gasteiger partial charge in [-0.05, 0) is 35.2 Å². The van der Waals surface area contributed by atoms with Gasteiger partial charge in [0, 0.05) is 160 Å². The average Bonchev–Trinajstić information content (AvgIpc) is 3.41. The van der Waals surface area contributed by atoms with Crippen LogP contribution in [0.1, 0.15) is 169 Å². The highest BCUT2D eigenvalue weighted by Gasteiger charge is 2.13. The fourth-order valence-corrected chi connectivity index (χ4v) is 8.76. The molecule has 0 aliphatic carbocycles. The molecule has 1 fully saturated rings. The number of anilines is 1. The summed E-state index contributed by atoms with van der Waals surface area (Å²) in [6, 6.07) is 17.2. The molecule has 2 aromatic rings. The molecule has 2 aromatic carbocycles. The topological polar surface area (TPSA) is 246 Å². The first-order valence-corrected chi connectivity index (χ1v) is 30.6. The summed E-state index contributed by atoms with van der Waals surface area (Å²) in [6.45, 7) is 37.8. The number of carbonyl (C=O) groups excluding carboxylic acids is 6. The zero-order valence-electron chi connectivity index (χ0n) is 54.5. The number of nitrogens with one attached hydrogen (secondary N) is 1. The number of piperazine rings is 1. The molecular weight excluding hydrogens is 1120 g/mol. The molecule has 1 heterocycles. The van der Waals surface area contributed by atoms with Crippen LogP contribution < -0.4 is 28.3 Å². The lowest BCUT2D eigenvalue weighted by molar-refractivity contribution is -0.114. The van der Waals surface area contributed by atoms with E-state index in [1.165, 1.54) is 83.7 Å². The minimum absolute atomic E-state index is 0. The molecule has 25 heteroatoms. The van der Waals surface area contributed by atoms with Crippen molar-refractivity contribution in [2.45, 2.75) is 177 Å². The number of nitrogen functional groups attached to an aromatic ring is 1. The van der Waals surface area contributed by atoms with Gasteiger partial charge in [0.25, 0.3) is 0 Å². The van der Waals surface area contributed by atoms with Crippen molar-refractivity contribution in [3.8, 4) is 5.81 Å². The van der Waals surface area contributed by atoms with Gasteiger partial charge in [0.1, 0.15) is 0 Å². The normalized spacial score (nSPS) is 11.3. The van der Waals surface area contributed by atoms with Crippen molar-refractivity contribution in [2.24, 2.45) is 23.1 Å². The van der Waals surface area contributed by atoms with E-state index in [9.17, 15) is 28.8 Å². The lowest BCUT2D eigenvalue weighted by atomic mass is 9.40. The van der Waals surface area contributed by atoms with Gasteiger partial charge in [-0.15, -0.1) is 0 Å². The second-order valence-corrected chi connectivity index (χ2v) is 27.2. The SMILES string of the molecule is C.C.C.CC(=O)SC(C)C.CC(C)N1CCNCC1.CC(C)SC(=O)C(C)CN.CC(C)SC(=O)CCN.CC(C)SC(=O)CN.CC(C)SC(=O)c1cccc(N)c1.CC(C)SC(=O)c1ccccc1.N#CP.[3H][3H].[3H][3H].[3H][3H].[B][B].[B][B][B]. The predicted octanol–water partition coefficient (Wildman–Crippen LogP) is 11.4. The van der Waals surface area contributed by atoms with Crippen LogP contribution in [-0.4, -0.2) is 157 Å². The number of rotatable bonds is 14. The molecule has 2 unspecified atom stereocenters. The standard InChI is InChI=1S/C10H13NOS.C10H12OS.C7H16N2.C7H15NOS.C6H13NOS.C5H11NOS.C5H10OS.CH2NP.3CH4.B3.B2.3H2/c1-7(2)13-10(12)8-4-3-5-9(11)6-8;1-8(2)12-10(11)9-6-4-3-5-7-9;1-7(2)9-5-3-8-4-6-9;1-5(2)10-7(9)6(3)4-8;1-5(2)9-6(8)3-4-7;1-4(2)8-5(7)3-6;1-4(2)7-5(3)6;2-1-3;;;;1-3-2;1-2;;;/h3-7H,11H2,1-2H3;3-8H,1-2H3;7-8H,3-6H2,1-2H3;5-6H,4,8H2,1-3H3;5H,3-4,7H2,1-2H3;4H,3,6H2,1-2H3;4H,1-3H3;3H2;3*1H4;;;3*1H/i;;;;;;;;;;;;;3*1+2T. The molecule has 13 nitrogen and oxygen atoms in total. The first-order chi connectivity index (χ1) is 38.5. The molecule has 9 radical (unpaired) electrons. The van der Waals surface area contributed by atoms with E-state index in [1.807, 2.05) is 130 Å². The highest BCUT2D eigenvalue weighted by molar-refractivity contribution is 8.15. The third kappa shape index (κ3) is 83.0. The van der Waals surface area contributed by atoms with E-state index in [-0.39, 0.29) is 65.4 Å². The maximum atomic E-state index is 11.5. The van der Waals surface area contributed by atoms with Crippen LogP contribution >= 0.6 is 79.8 Å². The Balaban J connectivity index is -0.0000000624. The Labute approximate surface area is 527 Å². The van der Waals surface area contributed by atoms with E-state index in [4.69, 9.17) is 37.1 Å². The molecule has 453 valence electrons. The van der Waals surface area contributed by atoms with Crippen LogP contribution in [0.15, 0.2) is 54.6 Å². The van der Waals surface area contributed by atoms with Gasteiger partial charge in [-0.25, -0.2) is 0 Å². The van der Waals surface area contributed by atoms with E-state index < -0.39 is 0 Å². The smallest absolute Gasteiger partial charge is 0.219 e. The molecule has 0 spiro atoms. The minimum Gasteiger partial charge on any atom is -0.399 e. The fraction of sp³-hybridized carbons (Fsp3) is 0.648. The Morgan fingerprint density at radius 1 is 0.658 bits per heavy atom. The molecule has 0 amide bonds. The van der Waals surface area contributed by atoms with Gasteiger partial charge < -0.3 is 28.3 Å². The monoisotopic (exact) mass is 1240 g/mol. The molecule has 1 aliphatic heterocycles. The Kier molecular flexibility index (Phi) is 81.5. The molecule has 1 aliphatic rings. The maximum Gasteiger partial charge on any atom is 0.219 e. The molecule has 0 aromatic heterocycles. The van der Waals surface area contributed by atoms with E-state index in [1.54, 1.807) is 37.0 Å². The third-order valence-electron chi connectivity index (χ3n) is 7.46. The summed E-state index contributed by atoms with van der Waals surface area (Å²) in [6.07, 6.45) is 0.503. The zero-order chi connectivity index (χ0) is 66.8. The molecular formula is C54H110B5N7O6PS6. The molecule has 0 bridgehead atoms. The second-order valence-electron chi connectivity index (χ2n) is 17.2. The molecule has 3 rings (SSSR count). The zero-order valence-corrected chi connectivity index (χ0v) is 54.6. The summed E-state index contributed by atoms with van der Waals surface area (Å²) in [5.74, 6) is 1.67. The summed E-state index contributed by atoms with van der Waals surface area (Å²) in [5, 5.41) is 13.8. The van der Waals surface area contributed by atoms with Crippen molar-refractivity contribution in [1.29, 1.82) is 5.26 Å². The summed E-state index contributed by atoms with van der Waals surface area (Å²) in [5.41, 5.74) is 23.2. The van der Waals surface area contributed by atoms with Gasteiger partial charge in [-0.2, -0.15) is 5.26 Å². The lowest BCUT2D eigenvalue weighted by Crippen LogP contribution is -2.46. The minimum atomic E-state index is 0. The number of nitrogens with zero attached hydrogens (tertiary/aromatic N) is 2. The number of benzene rings is 2. The molecule has 1 saturated heterocycles. The predicted molar refractivity (Wildman–Crippen MR) is 379 cm³/mol. The van der Waals surface area contributed by atoms with Gasteiger partial charge in [-0.3, -0.25) is 33.7 Å². The van der Waals surface area contributed by atoms with E-state index in [2.05, 4.69) is 55.0 Å². The van der Waals surface area contributed by atoms with E-state index in [0.717, 1.165) is 31.8 Å². The summed E-state index contributed by atoms with van der Waals surface area (Å²) < 4.78 is 30.0. The Bertz CT molecular complexity index is 1810. The second kappa shape index (κ2) is 70.7. The Hall–Kier alpha value is -1.60. The number of hydrogen-bond donors (Lipinski definition) is 5. The number of hydrogen-bond acceptors (Lipinski definition) is 19. The van der Waals surface area contributed by atoms with Crippen molar-refractivity contribution in [2.75, 3.05) is 51.5 Å². The number of carbonyl (C=O) groups is 6. The van der Waals surface area contributed by atoms with Crippen molar-refractivity contribution < 1.29 is 37.7 Å². The third-order valence-corrected chi connectivity index (χ3v) is 13.0. The van der Waals surface area contributed by atoms with Crippen LogP contribution in [0.5, 0.6) is 0 Å². The van der Waals surface area contributed by atoms with Gasteiger partial charge in [0.2, 0.25) is 15.3 Å². The van der Waals surface area contributed by atoms with Crippen LogP contribution in [0, 0.1) is 17.0 Å². The van der Waals surface area contributed by atoms with E-state index >= 15 is 0 Å². The summed E-state index contributed by atoms with van der Waals surface area (Å²) >= 11 is 8.08. The Morgan fingerprint density at radius 3 is 1.30 bits per heavy atom. The van der Waals surface area contributed by atoms with Crippen LogP contribution in [-0.2, 0) is 19.2 Å². The highest BCUT2D eigenvalue weighted by atomic mass is 32.2. The molecule has 2 atom stereocenters. The summed E-state index contributed by atoms with van der Waals surface area (Å²) in [4.78, 5) is 67.9. The number of nitrogens with two attached hydrogens (primary N) is 4. The molecule has 9 N–H and O–H groups in total. The first kappa shape index (κ1) is 91.2. The van der Waals surface area contributed by atoms with Gasteiger partial charge in [0.05, 0.1) is 12.4 Å².